The number of carbonyl (C=O) groups is 1. The molecule has 42 heavy (non-hydrogen) atoms. The molecular formula is C37H54O5. The highest BCUT2D eigenvalue weighted by atomic mass is 16.7. The highest BCUT2D eigenvalue weighted by Crippen LogP contribution is 2.29. The van der Waals surface area contributed by atoms with Crippen molar-refractivity contribution >= 4 is 5.97 Å². The third-order valence-corrected chi connectivity index (χ3v) is 7.96. The summed E-state index contributed by atoms with van der Waals surface area (Å²) in [6, 6.07) is 14.6. The monoisotopic (exact) mass is 578 g/mol. The second kappa shape index (κ2) is 21.1. The van der Waals surface area contributed by atoms with E-state index in [1.54, 1.807) is 24.3 Å². The summed E-state index contributed by atoms with van der Waals surface area (Å²) in [6.45, 7) is 8.18. The number of esters is 1. The van der Waals surface area contributed by atoms with E-state index in [2.05, 4.69) is 13.5 Å². The lowest BCUT2D eigenvalue weighted by molar-refractivity contribution is -0.206. The van der Waals surface area contributed by atoms with Crippen LogP contribution >= 0.6 is 0 Å². The Hall–Kier alpha value is -2.63. The molecule has 0 saturated carbocycles. The normalized spacial score (nSPS) is 16.7. The van der Waals surface area contributed by atoms with Crippen LogP contribution in [0.25, 0.3) is 0 Å². The summed E-state index contributed by atoms with van der Waals surface area (Å²) < 4.78 is 23.5. The van der Waals surface area contributed by atoms with Crippen LogP contribution in [0.1, 0.15) is 132 Å². The molecule has 1 aliphatic heterocycles. The zero-order valence-corrected chi connectivity index (χ0v) is 26.0. The molecule has 0 N–H and O–H groups in total. The molecule has 0 atom stereocenters. The minimum Gasteiger partial charge on any atom is -0.494 e. The van der Waals surface area contributed by atoms with E-state index in [0.717, 1.165) is 37.4 Å². The fourth-order valence-electron chi connectivity index (χ4n) is 5.30. The Morgan fingerprint density at radius 1 is 0.762 bits per heavy atom. The first-order valence-corrected chi connectivity index (χ1v) is 16.6. The molecule has 1 heterocycles. The van der Waals surface area contributed by atoms with Crippen LogP contribution in [-0.2, 0) is 9.47 Å². The Bertz CT molecular complexity index is 976. The molecule has 0 aromatic heterocycles. The lowest BCUT2D eigenvalue weighted by atomic mass is 10.0. The highest BCUT2D eigenvalue weighted by molar-refractivity contribution is 5.91. The molecule has 0 bridgehead atoms. The Balaban J connectivity index is 1.28. The first-order valence-electron chi connectivity index (χ1n) is 16.6. The standard InChI is InChI=1S/C37H54O5/c1-3-5-7-9-11-12-14-16-18-28-39-34-24-20-32(21-25-34)36(38)42-35-26-22-33(23-27-35)37-40-29-31(30-41-37)19-17-15-13-10-8-6-4-2/h3,20-27,31,37H,1,4-19,28-30H2,2H3. The molecule has 1 aliphatic rings. The topological polar surface area (TPSA) is 54.0 Å². The average Bonchev–Trinajstić information content (AvgIpc) is 3.02. The fourth-order valence-corrected chi connectivity index (χ4v) is 5.30. The summed E-state index contributed by atoms with van der Waals surface area (Å²) in [5, 5.41) is 0. The molecule has 2 aromatic carbocycles. The number of carbonyl (C=O) groups excluding carboxylic acids is 1. The van der Waals surface area contributed by atoms with Gasteiger partial charge in [-0.3, -0.25) is 0 Å². The number of hydrogen-bond donors (Lipinski definition) is 0. The van der Waals surface area contributed by atoms with Crippen molar-refractivity contribution in [1.82, 2.24) is 0 Å². The summed E-state index contributed by atoms with van der Waals surface area (Å²) in [4.78, 5) is 12.6. The predicted molar refractivity (Wildman–Crippen MR) is 171 cm³/mol. The third kappa shape index (κ3) is 13.6. The summed E-state index contributed by atoms with van der Waals surface area (Å²) >= 11 is 0. The first kappa shape index (κ1) is 33.9. The Kier molecular flexibility index (Phi) is 17.0. The molecule has 0 spiro atoms. The Morgan fingerprint density at radius 3 is 1.98 bits per heavy atom. The van der Waals surface area contributed by atoms with Crippen molar-refractivity contribution in [2.75, 3.05) is 19.8 Å². The summed E-state index contributed by atoms with van der Waals surface area (Å²) in [5.74, 6) is 1.36. The summed E-state index contributed by atoms with van der Waals surface area (Å²) in [5.41, 5.74) is 1.43. The van der Waals surface area contributed by atoms with E-state index in [1.807, 2.05) is 30.3 Å². The van der Waals surface area contributed by atoms with Crippen molar-refractivity contribution in [2.24, 2.45) is 5.92 Å². The molecule has 1 saturated heterocycles. The SMILES string of the molecule is C=CCCCCCCCCCOc1ccc(C(=O)Oc2ccc(C3OCC(CCCCCCCCC)CO3)cc2)cc1. The molecule has 0 unspecified atom stereocenters. The largest absolute Gasteiger partial charge is 0.494 e. The molecule has 0 radical (unpaired) electrons. The van der Waals surface area contributed by atoms with Gasteiger partial charge in [0.2, 0.25) is 0 Å². The number of rotatable bonds is 22. The number of unbranched alkanes of at least 4 members (excludes halogenated alkanes) is 13. The van der Waals surface area contributed by atoms with E-state index < -0.39 is 0 Å². The number of hydrogen-bond acceptors (Lipinski definition) is 5. The van der Waals surface area contributed by atoms with Crippen molar-refractivity contribution in [2.45, 2.75) is 116 Å². The number of benzene rings is 2. The van der Waals surface area contributed by atoms with Crippen LogP contribution < -0.4 is 9.47 Å². The first-order chi connectivity index (χ1) is 20.7. The molecule has 0 aliphatic carbocycles. The quantitative estimate of drug-likeness (QED) is 0.0602. The van der Waals surface area contributed by atoms with Crippen molar-refractivity contribution in [3.05, 3.63) is 72.3 Å². The van der Waals surface area contributed by atoms with Crippen LogP contribution in [0.15, 0.2) is 61.2 Å². The molecule has 5 heteroatoms. The van der Waals surface area contributed by atoms with Gasteiger partial charge in [-0.1, -0.05) is 102 Å². The average molecular weight is 579 g/mol. The zero-order valence-electron chi connectivity index (χ0n) is 26.0. The molecule has 0 amide bonds. The maximum absolute atomic E-state index is 12.6. The van der Waals surface area contributed by atoms with Gasteiger partial charge in [0.1, 0.15) is 11.5 Å². The minimum atomic E-state index is -0.388. The molecule has 2 aromatic rings. The van der Waals surface area contributed by atoms with Crippen LogP contribution in [0.2, 0.25) is 0 Å². The highest BCUT2D eigenvalue weighted by Gasteiger charge is 2.23. The Labute approximate surface area is 255 Å². The van der Waals surface area contributed by atoms with Crippen molar-refractivity contribution in [3.8, 4) is 11.5 Å². The van der Waals surface area contributed by atoms with Gasteiger partial charge < -0.3 is 18.9 Å². The van der Waals surface area contributed by atoms with Crippen LogP contribution in [-0.4, -0.2) is 25.8 Å². The van der Waals surface area contributed by atoms with Gasteiger partial charge in [0.25, 0.3) is 0 Å². The van der Waals surface area contributed by atoms with Crippen molar-refractivity contribution in [3.63, 3.8) is 0 Å². The smallest absolute Gasteiger partial charge is 0.343 e. The third-order valence-electron chi connectivity index (χ3n) is 7.96. The van der Waals surface area contributed by atoms with Crippen LogP contribution in [0, 0.1) is 5.92 Å². The predicted octanol–water partition coefficient (Wildman–Crippen LogP) is 10.4. The van der Waals surface area contributed by atoms with E-state index in [4.69, 9.17) is 18.9 Å². The molecule has 232 valence electrons. The lowest BCUT2D eigenvalue weighted by Crippen LogP contribution is -2.27. The lowest BCUT2D eigenvalue weighted by Gasteiger charge is -2.29. The van der Waals surface area contributed by atoms with E-state index >= 15 is 0 Å². The van der Waals surface area contributed by atoms with E-state index in [9.17, 15) is 4.79 Å². The van der Waals surface area contributed by atoms with Gasteiger partial charge in [0, 0.05) is 11.5 Å². The molecule has 3 rings (SSSR count). The minimum absolute atomic E-state index is 0.361. The van der Waals surface area contributed by atoms with E-state index in [-0.39, 0.29) is 12.3 Å². The summed E-state index contributed by atoms with van der Waals surface area (Å²) in [7, 11) is 0. The van der Waals surface area contributed by atoms with Crippen LogP contribution in [0.3, 0.4) is 0 Å². The van der Waals surface area contributed by atoms with Gasteiger partial charge in [-0.05, 0) is 62.1 Å². The van der Waals surface area contributed by atoms with E-state index in [1.165, 1.54) is 89.9 Å². The maximum atomic E-state index is 12.6. The van der Waals surface area contributed by atoms with E-state index in [0.29, 0.717) is 23.8 Å². The second-order valence-electron chi connectivity index (χ2n) is 11.7. The van der Waals surface area contributed by atoms with Gasteiger partial charge in [0.05, 0.1) is 25.4 Å². The van der Waals surface area contributed by atoms with Gasteiger partial charge >= 0.3 is 5.97 Å². The zero-order chi connectivity index (χ0) is 29.7. The molecule has 1 fully saturated rings. The van der Waals surface area contributed by atoms with Gasteiger partial charge in [-0.15, -0.1) is 6.58 Å². The molecule has 5 nitrogen and oxygen atoms in total. The van der Waals surface area contributed by atoms with Crippen LogP contribution in [0.4, 0.5) is 0 Å². The van der Waals surface area contributed by atoms with Crippen molar-refractivity contribution in [1.29, 1.82) is 0 Å². The maximum Gasteiger partial charge on any atom is 0.343 e. The van der Waals surface area contributed by atoms with Gasteiger partial charge in [-0.2, -0.15) is 0 Å². The van der Waals surface area contributed by atoms with Gasteiger partial charge in [-0.25, -0.2) is 4.79 Å². The van der Waals surface area contributed by atoms with Crippen molar-refractivity contribution < 1.29 is 23.7 Å². The number of ether oxygens (including phenoxy) is 4. The summed E-state index contributed by atoms with van der Waals surface area (Å²) in [6.07, 6.45) is 21.8. The second-order valence-corrected chi connectivity index (χ2v) is 11.7. The van der Waals surface area contributed by atoms with Crippen LogP contribution in [0.5, 0.6) is 11.5 Å². The Morgan fingerprint density at radius 2 is 1.33 bits per heavy atom. The van der Waals surface area contributed by atoms with Gasteiger partial charge in [0.15, 0.2) is 6.29 Å². The molecular weight excluding hydrogens is 524 g/mol. The number of allylic oxidation sites excluding steroid dienone is 1. The fraction of sp³-hybridized carbons (Fsp3) is 0.595.